The first-order chi connectivity index (χ1) is 14.7. The van der Waals surface area contributed by atoms with Crippen LogP contribution in [0.4, 0.5) is 5.69 Å². The lowest BCUT2D eigenvalue weighted by atomic mass is 9.87. The van der Waals surface area contributed by atoms with E-state index in [0.29, 0.717) is 27.9 Å². The van der Waals surface area contributed by atoms with Gasteiger partial charge in [-0.25, -0.2) is 4.98 Å². The van der Waals surface area contributed by atoms with Crippen molar-refractivity contribution in [2.45, 2.75) is 33.1 Å². The minimum Gasteiger partial charge on any atom is -0.399 e. The molecule has 0 unspecified atom stereocenters. The van der Waals surface area contributed by atoms with Crippen LogP contribution >= 0.6 is 11.8 Å². The zero-order valence-electron chi connectivity index (χ0n) is 18.3. The van der Waals surface area contributed by atoms with Crippen LogP contribution in [0, 0.1) is 0 Å². The van der Waals surface area contributed by atoms with Gasteiger partial charge < -0.3 is 16.0 Å². The quantitative estimate of drug-likeness (QED) is 0.412. The average molecular weight is 433 g/mol. The fraction of sp³-hybridized carbons (Fsp3) is 0.200. The lowest BCUT2D eigenvalue weighted by Crippen LogP contribution is -2.21. The zero-order valence-corrected chi connectivity index (χ0v) is 19.1. The lowest BCUT2D eigenvalue weighted by Gasteiger charge is -2.18. The number of nitrogens with zero attached hydrogens (tertiary/aromatic N) is 1. The average Bonchev–Trinajstić information content (AvgIpc) is 3.18. The molecule has 3 rings (SSSR count). The van der Waals surface area contributed by atoms with Gasteiger partial charge in [-0.3, -0.25) is 4.79 Å². The van der Waals surface area contributed by atoms with E-state index in [1.807, 2.05) is 42.7 Å². The number of hydrogen-bond acceptors (Lipinski definition) is 4. The molecule has 0 atom stereocenters. The summed E-state index contributed by atoms with van der Waals surface area (Å²) in [6.45, 7) is 12.3. The third-order valence-corrected chi connectivity index (χ3v) is 5.53. The van der Waals surface area contributed by atoms with E-state index in [1.165, 1.54) is 17.3 Å². The van der Waals surface area contributed by atoms with Crippen LogP contribution in [0.15, 0.2) is 71.6 Å². The highest BCUT2D eigenvalue weighted by molar-refractivity contribution is 8.05. The Morgan fingerprint density at radius 3 is 2.29 bits per heavy atom. The SMILES string of the molecule is C=C(NC(=O)c1[nH]c(-c2ccc(C(C)(C)C)cc2)nc1-c1ccc(N)cc1)S/C=C\C. The van der Waals surface area contributed by atoms with Gasteiger partial charge in [0.25, 0.3) is 5.91 Å². The summed E-state index contributed by atoms with van der Waals surface area (Å²) in [7, 11) is 0. The maximum absolute atomic E-state index is 13.0. The number of nitrogens with two attached hydrogens (primary N) is 1. The number of nitrogen functional groups attached to an aromatic ring is 1. The molecule has 0 aliphatic heterocycles. The van der Waals surface area contributed by atoms with E-state index < -0.39 is 0 Å². The van der Waals surface area contributed by atoms with Gasteiger partial charge in [-0.15, -0.1) is 0 Å². The molecule has 0 spiro atoms. The predicted molar refractivity (Wildman–Crippen MR) is 132 cm³/mol. The number of rotatable bonds is 6. The van der Waals surface area contributed by atoms with Crippen LogP contribution in [-0.4, -0.2) is 15.9 Å². The van der Waals surface area contributed by atoms with Crippen LogP contribution in [0.1, 0.15) is 43.7 Å². The monoisotopic (exact) mass is 432 g/mol. The summed E-state index contributed by atoms with van der Waals surface area (Å²) < 4.78 is 0. The molecule has 5 nitrogen and oxygen atoms in total. The summed E-state index contributed by atoms with van der Waals surface area (Å²) in [5, 5.41) is 5.23. The number of H-pyrrole nitrogens is 1. The minimum absolute atomic E-state index is 0.0623. The summed E-state index contributed by atoms with van der Waals surface area (Å²) in [5.74, 6) is 0.336. The van der Waals surface area contributed by atoms with Gasteiger partial charge in [0.1, 0.15) is 17.2 Å². The minimum atomic E-state index is -0.293. The Morgan fingerprint density at radius 1 is 1.10 bits per heavy atom. The summed E-state index contributed by atoms with van der Waals surface area (Å²) in [4.78, 5) is 21.0. The van der Waals surface area contributed by atoms with Crippen LogP contribution in [0.3, 0.4) is 0 Å². The third-order valence-electron chi connectivity index (χ3n) is 4.74. The topological polar surface area (TPSA) is 83.8 Å². The molecule has 0 fully saturated rings. The molecule has 0 bridgehead atoms. The summed E-state index contributed by atoms with van der Waals surface area (Å²) in [5.41, 5.74) is 10.4. The Labute approximate surface area is 187 Å². The molecule has 1 amide bonds. The van der Waals surface area contributed by atoms with E-state index in [4.69, 9.17) is 10.7 Å². The molecule has 0 aliphatic rings. The molecule has 0 saturated carbocycles. The summed E-state index contributed by atoms with van der Waals surface area (Å²) in [6, 6.07) is 15.5. The van der Waals surface area contributed by atoms with Crippen LogP contribution in [0.2, 0.25) is 0 Å². The van der Waals surface area contributed by atoms with Crippen molar-refractivity contribution in [1.82, 2.24) is 15.3 Å². The molecule has 0 aliphatic carbocycles. The van der Waals surface area contributed by atoms with Crippen molar-refractivity contribution in [2.24, 2.45) is 0 Å². The first kappa shape index (κ1) is 22.4. The fourth-order valence-electron chi connectivity index (χ4n) is 3.02. The van der Waals surface area contributed by atoms with Gasteiger partial charge in [-0.1, -0.05) is 81.6 Å². The van der Waals surface area contributed by atoms with Crippen molar-refractivity contribution >= 4 is 23.4 Å². The second-order valence-corrected chi connectivity index (χ2v) is 9.22. The first-order valence-corrected chi connectivity index (χ1v) is 10.9. The number of carbonyl (C=O) groups is 1. The Morgan fingerprint density at radius 2 is 1.71 bits per heavy atom. The number of anilines is 1. The van der Waals surface area contributed by atoms with Crippen molar-refractivity contribution in [3.8, 4) is 22.6 Å². The van der Waals surface area contributed by atoms with E-state index in [1.54, 1.807) is 12.1 Å². The number of thioether (sulfide) groups is 1. The van der Waals surface area contributed by atoms with Gasteiger partial charge in [0.15, 0.2) is 0 Å². The van der Waals surface area contributed by atoms with Crippen LogP contribution < -0.4 is 11.1 Å². The van der Waals surface area contributed by atoms with Crippen molar-refractivity contribution in [3.63, 3.8) is 0 Å². The van der Waals surface area contributed by atoms with Gasteiger partial charge in [-0.2, -0.15) is 0 Å². The number of allylic oxidation sites excluding steroid dienone is 1. The van der Waals surface area contributed by atoms with Crippen LogP contribution in [-0.2, 0) is 5.41 Å². The van der Waals surface area contributed by atoms with Gasteiger partial charge >= 0.3 is 0 Å². The number of amides is 1. The Bertz CT molecular complexity index is 1100. The largest absolute Gasteiger partial charge is 0.399 e. The molecular weight excluding hydrogens is 404 g/mol. The zero-order chi connectivity index (χ0) is 22.6. The molecule has 6 heteroatoms. The van der Waals surface area contributed by atoms with Gasteiger partial charge in [0, 0.05) is 16.8 Å². The van der Waals surface area contributed by atoms with Crippen molar-refractivity contribution < 1.29 is 4.79 Å². The normalized spacial score (nSPS) is 11.6. The Kier molecular flexibility index (Phi) is 6.71. The number of nitrogens with one attached hydrogen (secondary N) is 2. The summed E-state index contributed by atoms with van der Waals surface area (Å²) in [6.07, 6.45) is 1.89. The number of aromatic nitrogens is 2. The smallest absolute Gasteiger partial charge is 0.274 e. The molecule has 1 heterocycles. The molecule has 3 aromatic rings. The summed E-state index contributed by atoms with van der Waals surface area (Å²) >= 11 is 1.35. The van der Waals surface area contributed by atoms with Crippen molar-refractivity contribution in [1.29, 1.82) is 0 Å². The molecule has 31 heavy (non-hydrogen) atoms. The van der Waals surface area contributed by atoms with E-state index in [9.17, 15) is 4.79 Å². The van der Waals surface area contributed by atoms with E-state index in [2.05, 4.69) is 49.8 Å². The van der Waals surface area contributed by atoms with E-state index >= 15 is 0 Å². The molecule has 0 saturated heterocycles. The molecule has 4 N–H and O–H groups in total. The maximum Gasteiger partial charge on any atom is 0.274 e. The van der Waals surface area contributed by atoms with Gasteiger partial charge in [0.2, 0.25) is 0 Å². The van der Waals surface area contributed by atoms with Crippen molar-refractivity contribution in [3.05, 3.63) is 82.9 Å². The van der Waals surface area contributed by atoms with Crippen LogP contribution in [0.5, 0.6) is 0 Å². The number of imidazole rings is 1. The number of hydrogen-bond donors (Lipinski definition) is 3. The lowest BCUT2D eigenvalue weighted by molar-refractivity contribution is 0.0965. The second kappa shape index (κ2) is 9.27. The second-order valence-electron chi connectivity index (χ2n) is 8.22. The Hall–Kier alpha value is -3.25. The Balaban J connectivity index is 2.00. The molecule has 2 aromatic carbocycles. The van der Waals surface area contributed by atoms with Gasteiger partial charge in [0.05, 0.1) is 5.03 Å². The standard InChI is InChI=1S/C25H28N4OS/c1-6-15-31-16(2)27-24(30)22-21(17-9-13-20(26)14-10-17)28-23(29-22)18-7-11-19(12-8-18)25(3,4)5/h6-15H,2,26H2,1,3-5H3,(H,27,30)(H,28,29)/b15-6-. The number of benzene rings is 2. The predicted octanol–water partition coefficient (Wildman–Crippen LogP) is 6.09. The molecule has 1 aromatic heterocycles. The molecule has 160 valence electrons. The number of aromatic amines is 1. The highest BCUT2D eigenvalue weighted by atomic mass is 32.2. The highest BCUT2D eigenvalue weighted by Gasteiger charge is 2.21. The fourth-order valence-corrected chi connectivity index (χ4v) is 3.47. The van der Waals surface area contributed by atoms with Crippen LogP contribution in [0.25, 0.3) is 22.6 Å². The van der Waals surface area contributed by atoms with Gasteiger partial charge in [-0.05, 0) is 35.4 Å². The third kappa shape index (κ3) is 5.47. The first-order valence-electron chi connectivity index (χ1n) is 10.0. The van der Waals surface area contributed by atoms with Crippen molar-refractivity contribution in [2.75, 3.05) is 5.73 Å². The number of carbonyl (C=O) groups excluding carboxylic acids is 1. The van der Waals surface area contributed by atoms with E-state index in [0.717, 1.165) is 11.1 Å². The molecular formula is C25H28N4OS. The van der Waals surface area contributed by atoms with E-state index in [-0.39, 0.29) is 11.3 Å². The maximum atomic E-state index is 13.0. The highest BCUT2D eigenvalue weighted by Crippen LogP contribution is 2.29. The molecule has 0 radical (unpaired) electrons.